The maximum Gasteiger partial charge on any atom is 0.340 e. The number of fused-ring (bicyclic) bond motifs is 1. The number of benzene rings is 2. The lowest BCUT2D eigenvalue weighted by Gasteiger charge is -2.15. The van der Waals surface area contributed by atoms with Crippen molar-refractivity contribution < 1.29 is 23.5 Å². The van der Waals surface area contributed by atoms with Crippen LogP contribution in [0.15, 0.2) is 66.1 Å². The van der Waals surface area contributed by atoms with E-state index in [9.17, 15) is 18.8 Å². The number of hydrogen-bond acceptors (Lipinski definition) is 8. The van der Waals surface area contributed by atoms with Gasteiger partial charge in [0, 0.05) is 10.6 Å². The normalized spacial score (nSPS) is 11.6. The Morgan fingerprint density at radius 1 is 1.06 bits per heavy atom. The van der Waals surface area contributed by atoms with Gasteiger partial charge < -0.3 is 20.4 Å². The molecule has 2 amide bonds. The third kappa shape index (κ3) is 5.98. The molecule has 0 spiro atoms. The molecule has 35 heavy (non-hydrogen) atoms. The number of aromatic amines is 1. The predicted octanol–water partition coefficient (Wildman–Crippen LogP) is 3.41. The molecule has 0 saturated carbocycles. The van der Waals surface area contributed by atoms with Crippen LogP contribution in [0, 0.1) is 5.82 Å². The average molecular weight is 495 g/mol. The van der Waals surface area contributed by atoms with E-state index in [1.807, 2.05) is 0 Å². The number of ether oxygens (including phenoxy) is 1. The van der Waals surface area contributed by atoms with Gasteiger partial charge in [0.2, 0.25) is 5.91 Å². The van der Waals surface area contributed by atoms with Crippen LogP contribution in [0.3, 0.4) is 0 Å². The molecule has 0 saturated heterocycles. The van der Waals surface area contributed by atoms with E-state index in [0.717, 1.165) is 11.8 Å². The first-order valence-corrected chi connectivity index (χ1v) is 11.3. The summed E-state index contributed by atoms with van der Waals surface area (Å²) in [4.78, 5) is 52.9. The summed E-state index contributed by atoms with van der Waals surface area (Å²) in [6.07, 6.45) is 1.55. The Kier molecular flexibility index (Phi) is 7.31. The quantitative estimate of drug-likeness (QED) is 0.250. The van der Waals surface area contributed by atoms with Crippen LogP contribution in [-0.2, 0) is 14.3 Å². The molecule has 1 atom stereocenters. The largest absolute Gasteiger partial charge is 0.449 e. The van der Waals surface area contributed by atoms with Gasteiger partial charge >= 0.3 is 5.97 Å². The first kappa shape index (κ1) is 23.8. The topological polar surface area (TPSA) is 139 Å². The molecule has 4 aromatic rings. The van der Waals surface area contributed by atoms with Gasteiger partial charge in [0.15, 0.2) is 17.6 Å². The molecule has 12 heteroatoms. The second-order valence-electron chi connectivity index (χ2n) is 7.20. The average Bonchev–Trinajstić information content (AvgIpc) is 3.34. The molecule has 4 rings (SSSR count). The maximum absolute atomic E-state index is 13.0. The number of carbonyl (C=O) groups excluding carboxylic acids is 3. The summed E-state index contributed by atoms with van der Waals surface area (Å²) in [7, 11) is 0. The number of nitrogens with zero attached hydrogens (tertiary/aromatic N) is 3. The number of esters is 1. The van der Waals surface area contributed by atoms with Crippen LogP contribution in [0.5, 0.6) is 0 Å². The van der Waals surface area contributed by atoms with Gasteiger partial charge in [0.05, 0.1) is 17.6 Å². The number of rotatable bonds is 8. The Morgan fingerprint density at radius 3 is 2.63 bits per heavy atom. The molecule has 0 bridgehead atoms. The number of hydrogen-bond donors (Lipinski definition) is 3. The smallest absolute Gasteiger partial charge is 0.340 e. The van der Waals surface area contributed by atoms with Crippen molar-refractivity contribution >= 4 is 52.2 Å². The molecule has 3 N–H and O–H groups in total. The first-order chi connectivity index (χ1) is 16.9. The fourth-order valence-corrected chi connectivity index (χ4v) is 3.83. The number of imidazole rings is 1. The minimum atomic E-state index is -1.13. The Hall–Kier alpha value is -4.32. The molecule has 0 aliphatic rings. The zero-order valence-corrected chi connectivity index (χ0v) is 19.1. The fourth-order valence-electron chi connectivity index (χ4n) is 2.99. The van der Waals surface area contributed by atoms with Gasteiger partial charge in [-0.25, -0.2) is 24.1 Å². The molecule has 0 aliphatic heterocycles. The van der Waals surface area contributed by atoms with Crippen molar-refractivity contribution in [1.82, 2.24) is 19.9 Å². The molecule has 1 unspecified atom stereocenters. The van der Waals surface area contributed by atoms with Crippen LogP contribution in [0.25, 0.3) is 11.2 Å². The highest BCUT2D eigenvalue weighted by Crippen LogP contribution is 2.24. The van der Waals surface area contributed by atoms with Gasteiger partial charge in [0.1, 0.15) is 17.7 Å². The van der Waals surface area contributed by atoms with Crippen LogP contribution in [0.4, 0.5) is 15.9 Å². The van der Waals surface area contributed by atoms with Crippen LogP contribution >= 0.6 is 11.8 Å². The predicted molar refractivity (Wildman–Crippen MR) is 127 cm³/mol. The molecule has 0 radical (unpaired) electrons. The van der Waals surface area contributed by atoms with Crippen molar-refractivity contribution in [3.8, 4) is 0 Å². The highest BCUT2D eigenvalue weighted by Gasteiger charge is 2.22. The second-order valence-corrected chi connectivity index (χ2v) is 8.22. The maximum atomic E-state index is 13.0. The molecule has 0 aliphatic carbocycles. The number of thioether (sulfide) groups is 1. The molecule has 0 fully saturated rings. The lowest BCUT2D eigenvalue weighted by molar-refractivity contribution is -0.123. The van der Waals surface area contributed by atoms with Crippen molar-refractivity contribution in [2.24, 2.45) is 0 Å². The number of nitrogens with one attached hydrogen (secondary N) is 3. The number of H-pyrrole nitrogens is 1. The van der Waals surface area contributed by atoms with Crippen molar-refractivity contribution in [2.45, 2.75) is 17.9 Å². The number of aromatic nitrogens is 4. The second kappa shape index (κ2) is 10.7. The summed E-state index contributed by atoms with van der Waals surface area (Å²) in [5, 5.41) is 5.24. The van der Waals surface area contributed by atoms with Gasteiger partial charge in [-0.1, -0.05) is 12.1 Å². The Balaban J connectivity index is 1.36. The van der Waals surface area contributed by atoms with E-state index in [0.29, 0.717) is 21.7 Å². The Morgan fingerprint density at radius 2 is 1.83 bits per heavy atom. The van der Waals surface area contributed by atoms with E-state index in [1.165, 1.54) is 43.8 Å². The summed E-state index contributed by atoms with van der Waals surface area (Å²) < 4.78 is 18.4. The van der Waals surface area contributed by atoms with E-state index >= 15 is 0 Å². The van der Waals surface area contributed by atoms with E-state index in [-0.39, 0.29) is 23.0 Å². The first-order valence-electron chi connectivity index (χ1n) is 10.3. The van der Waals surface area contributed by atoms with E-state index < -0.39 is 23.8 Å². The van der Waals surface area contributed by atoms with Crippen molar-refractivity contribution in [1.29, 1.82) is 0 Å². The van der Waals surface area contributed by atoms with Crippen LogP contribution in [-0.4, -0.2) is 49.6 Å². The van der Waals surface area contributed by atoms with Crippen LogP contribution in [0.2, 0.25) is 0 Å². The summed E-state index contributed by atoms with van der Waals surface area (Å²) in [6.45, 7) is 1.43. The van der Waals surface area contributed by atoms with E-state index in [1.54, 1.807) is 24.3 Å². The fraction of sp³-hybridized carbons (Fsp3) is 0.130. The molecule has 178 valence electrons. The number of anilines is 2. The Labute approximate surface area is 202 Å². The van der Waals surface area contributed by atoms with Gasteiger partial charge in [0.25, 0.3) is 5.91 Å². The summed E-state index contributed by atoms with van der Waals surface area (Å²) in [5.41, 5.74) is 1.50. The van der Waals surface area contributed by atoms with E-state index in [2.05, 4.69) is 30.6 Å². The Bertz CT molecular complexity index is 1380. The van der Waals surface area contributed by atoms with Crippen LogP contribution < -0.4 is 10.6 Å². The molecule has 2 aromatic carbocycles. The van der Waals surface area contributed by atoms with Gasteiger partial charge in [-0.05, 0) is 43.3 Å². The highest BCUT2D eigenvalue weighted by molar-refractivity contribution is 8.00. The van der Waals surface area contributed by atoms with Gasteiger partial charge in [-0.2, -0.15) is 0 Å². The summed E-state index contributed by atoms with van der Waals surface area (Å²) in [5.74, 6) is -1.82. The zero-order valence-electron chi connectivity index (χ0n) is 18.3. The van der Waals surface area contributed by atoms with Gasteiger partial charge in [-0.15, -0.1) is 11.8 Å². The van der Waals surface area contributed by atoms with Crippen molar-refractivity contribution in [2.75, 3.05) is 16.4 Å². The molecular formula is C23H19FN6O4S. The monoisotopic (exact) mass is 494 g/mol. The third-order valence-corrected chi connectivity index (χ3v) is 5.78. The number of carbonyl (C=O) groups is 3. The lowest BCUT2D eigenvalue weighted by atomic mass is 10.2. The molecule has 2 heterocycles. The lowest BCUT2D eigenvalue weighted by Crippen LogP contribution is -2.30. The molecule has 2 aromatic heterocycles. The van der Waals surface area contributed by atoms with E-state index in [4.69, 9.17) is 4.74 Å². The molecular weight excluding hydrogens is 475 g/mol. The van der Waals surface area contributed by atoms with Crippen molar-refractivity contribution in [3.63, 3.8) is 0 Å². The highest BCUT2D eigenvalue weighted by atomic mass is 32.2. The standard InChI is InChI=1S/C23H19FN6O4S/c1-13(22(32)30-21-19-20(26-11-25-19)27-12-28-21)34-23(33)16-4-2-3-5-17(16)35-10-18(31)29-15-8-6-14(24)7-9-15/h2-9,11-13H,10H2,1H3,(H,29,31)(H2,25,26,27,28,30,32). The number of halogens is 1. The van der Waals surface area contributed by atoms with Crippen molar-refractivity contribution in [3.05, 3.63) is 72.6 Å². The van der Waals surface area contributed by atoms with Gasteiger partial charge in [-0.3, -0.25) is 9.59 Å². The SMILES string of the molecule is CC(OC(=O)c1ccccc1SCC(=O)Nc1ccc(F)cc1)C(=O)Nc1ncnc2nc[nH]c12. The summed E-state index contributed by atoms with van der Waals surface area (Å²) in [6, 6.07) is 12.0. The van der Waals surface area contributed by atoms with Crippen LogP contribution in [0.1, 0.15) is 17.3 Å². The third-order valence-electron chi connectivity index (χ3n) is 4.71. The zero-order chi connectivity index (χ0) is 24.8. The number of amides is 2. The molecule has 10 nitrogen and oxygen atoms in total. The minimum Gasteiger partial charge on any atom is -0.449 e. The summed E-state index contributed by atoms with van der Waals surface area (Å²) >= 11 is 1.13. The minimum absolute atomic E-state index is 0.00556.